The second-order valence-electron chi connectivity index (χ2n) is 3.18. The maximum Gasteiger partial charge on any atom is 0.438 e. The van der Waals surface area contributed by atoms with Crippen molar-refractivity contribution in [2.75, 3.05) is 0 Å². The zero-order chi connectivity index (χ0) is 8.48. The minimum Gasteiger partial charge on any atom is -0.296 e. The lowest BCUT2D eigenvalue weighted by Gasteiger charge is -2.16. The Morgan fingerprint density at radius 3 is 2.64 bits per heavy atom. The molecule has 1 rings (SSSR count). The van der Waals surface area contributed by atoms with Gasteiger partial charge in [-0.05, 0) is 6.42 Å². The van der Waals surface area contributed by atoms with Crippen molar-refractivity contribution >= 4 is 0 Å². The number of aromatic amines is 1. The van der Waals surface area contributed by atoms with Gasteiger partial charge in [-0.15, -0.1) is 0 Å². The SMILES string of the molecule is CCC(C)(C)c1noc(=O)[nH]1. The molecule has 0 saturated heterocycles. The van der Waals surface area contributed by atoms with Crippen molar-refractivity contribution < 1.29 is 4.52 Å². The minimum absolute atomic E-state index is 0.105. The Balaban J connectivity index is 3.01. The molecule has 0 aliphatic heterocycles. The van der Waals surface area contributed by atoms with E-state index in [9.17, 15) is 4.79 Å². The third-order valence-electron chi connectivity index (χ3n) is 1.97. The number of rotatable bonds is 2. The van der Waals surface area contributed by atoms with Gasteiger partial charge in [-0.2, -0.15) is 0 Å². The highest BCUT2D eigenvalue weighted by Crippen LogP contribution is 2.21. The van der Waals surface area contributed by atoms with E-state index in [0.29, 0.717) is 5.82 Å². The van der Waals surface area contributed by atoms with E-state index in [4.69, 9.17) is 0 Å². The Bertz CT molecular complexity index is 285. The molecule has 0 spiro atoms. The monoisotopic (exact) mass is 156 g/mol. The predicted octanol–water partition coefficient (Wildman–Crippen LogP) is 1.05. The van der Waals surface area contributed by atoms with Crippen LogP contribution in [0, 0.1) is 0 Å². The maximum atomic E-state index is 10.6. The molecule has 0 aliphatic carbocycles. The van der Waals surface area contributed by atoms with Gasteiger partial charge in [0, 0.05) is 5.41 Å². The van der Waals surface area contributed by atoms with E-state index in [1.807, 2.05) is 20.8 Å². The first-order valence-electron chi connectivity index (χ1n) is 3.63. The summed E-state index contributed by atoms with van der Waals surface area (Å²) in [5.74, 6) is 0.131. The largest absolute Gasteiger partial charge is 0.438 e. The summed E-state index contributed by atoms with van der Waals surface area (Å²) in [5, 5.41) is 3.62. The summed E-state index contributed by atoms with van der Waals surface area (Å²) in [7, 11) is 0. The Morgan fingerprint density at radius 1 is 1.64 bits per heavy atom. The van der Waals surface area contributed by atoms with Crippen molar-refractivity contribution in [3.05, 3.63) is 16.4 Å². The van der Waals surface area contributed by atoms with Gasteiger partial charge in [0.2, 0.25) is 0 Å². The van der Waals surface area contributed by atoms with E-state index in [1.54, 1.807) is 0 Å². The zero-order valence-electron chi connectivity index (χ0n) is 6.97. The fourth-order valence-electron chi connectivity index (χ4n) is 0.690. The van der Waals surface area contributed by atoms with Crippen LogP contribution in [0.15, 0.2) is 9.32 Å². The molecule has 1 N–H and O–H groups in total. The minimum atomic E-state index is -0.485. The second kappa shape index (κ2) is 2.53. The van der Waals surface area contributed by atoms with Gasteiger partial charge in [0.1, 0.15) is 0 Å². The summed E-state index contributed by atoms with van der Waals surface area (Å²) in [5.41, 5.74) is -0.105. The summed E-state index contributed by atoms with van der Waals surface area (Å²) in [6.07, 6.45) is 0.912. The summed E-state index contributed by atoms with van der Waals surface area (Å²) < 4.78 is 4.39. The van der Waals surface area contributed by atoms with Gasteiger partial charge < -0.3 is 0 Å². The van der Waals surface area contributed by atoms with Crippen LogP contribution in [0.5, 0.6) is 0 Å². The highest BCUT2D eigenvalue weighted by atomic mass is 16.5. The van der Waals surface area contributed by atoms with Gasteiger partial charge >= 0.3 is 5.76 Å². The zero-order valence-corrected chi connectivity index (χ0v) is 6.97. The van der Waals surface area contributed by atoms with Crippen molar-refractivity contribution in [1.29, 1.82) is 0 Å². The van der Waals surface area contributed by atoms with Crippen LogP contribution in [0.4, 0.5) is 0 Å². The third-order valence-corrected chi connectivity index (χ3v) is 1.97. The number of aromatic nitrogens is 2. The summed E-state index contributed by atoms with van der Waals surface area (Å²) in [6, 6.07) is 0. The molecular weight excluding hydrogens is 144 g/mol. The van der Waals surface area contributed by atoms with E-state index in [0.717, 1.165) is 6.42 Å². The first-order valence-corrected chi connectivity index (χ1v) is 3.63. The van der Waals surface area contributed by atoms with Crippen LogP contribution in [-0.4, -0.2) is 10.1 Å². The van der Waals surface area contributed by atoms with Crippen molar-refractivity contribution in [1.82, 2.24) is 10.1 Å². The number of nitrogens with one attached hydrogen (secondary N) is 1. The lowest BCUT2D eigenvalue weighted by Crippen LogP contribution is -2.18. The average molecular weight is 156 g/mol. The highest BCUT2D eigenvalue weighted by Gasteiger charge is 2.22. The summed E-state index contributed by atoms with van der Waals surface area (Å²) in [4.78, 5) is 13.1. The van der Waals surface area contributed by atoms with Crippen LogP contribution in [-0.2, 0) is 5.41 Å². The first-order chi connectivity index (χ1) is 5.06. The molecule has 1 heterocycles. The summed E-state index contributed by atoms with van der Waals surface area (Å²) in [6.45, 7) is 6.04. The molecule has 1 aromatic rings. The van der Waals surface area contributed by atoms with Gasteiger partial charge in [-0.3, -0.25) is 9.51 Å². The molecule has 0 radical (unpaired) electrons. The molecule has 0 atom stereocenters. The van der Waals surface area contributed by atoms with Crippen LogP contribution < -0.4 is 5.76 Å². The molecule has 4 nitrogen and oxygen atoms in total. The Kier molecular flexibility index (Phi) is 1.85. The Morgan fingerprint density at radius 2 is 2.27 bits per heavy atom. The first kappa shape index (κ1) is 8.04. The van der Waals surface area contributed by atoms with Crippen molar-refractivity contribution in [2.24, 2.45) is 0 Å². The van der Waals surface area contributed by atoms with Gasteiger partial charge in [0.15, 0.2) is 5.82 Å². The molecule has 11 heavy (non-hydrogen) atoms. The molecule has 0 amide bonds. The lowest BCUT2D eigenvalue weighted by molar-refractivity contribution is 0.362. The second-order valence-corrected chi connectivity index (χ2v) is 3.18. The third kappa shape index (κ3) is 1.50. The van der Waals surface area contributed by atoms with Crippen LogP contribution in [0.2, 0.25) is 0 Å². The van der Waals surface area contributed by atoms with Gasteiger partial charge in [-0.25, -0.2) is 4.79 Å². The standard InChI is InChI=1S/C7H12N2O2/c1-4-7(2,3)5-8-6(10)11-9-5/h4H2,1-3H3,(H,8,9,10). The fraction of sp³-hybridized carbons (Fsp3) is 0.714. The molecule has 0 fully saturated rings. The molecule has 0 saturated carbocycles. The average Bonchev–Trinajstić information content (AvgIpc) is 2.36. The van der Waals surface area contributed by atoms with E-state index >= 15 is 0 Å². The molecule has 0 bridgehead atoms. The van der Waals surface area contributed by atoms with Crippen LogP contribution >= 0.6 is 0 Å². The number of nitrogens with zero attached hydrogens (tertiary/aromatic N) is 1. The molecular formula is C7H12N2O2. The lowest BCUT2D eigenvalue weighted by atomic mass is 9.90. The molecule has 1 aromatic heterocycles. The molecule has 0 aromatic carbocycles. The number of H-pyrrole nitrogens is 1. The molecule has 62 valence electrons. The Labute approximate surface area is 64.6 Å². The van der Waals surface area contributed by atoms with E-state index in [1.165, 1.54) is 0 Å². The highest BCUT2D eigenvalue weighted by molar-refractivity contribution is 4.98. The van der Waals surface area contributed by atoms with Gasteiger partial charge in [-0.1, -0.05) is 25.9 Å². The van der Waals surface area contributed by atoms with E-state index in [-0.39, 0.29) is 5.41 Å². The molecule has 0 unspecified atom stereocenters. The van der Waals surface area contributed by atoms with Crippen LogP contribution in [0.1, 0.15) is 33.0 Å². The molecule has 4 heteroatoms. The number of hydrogen-bond donors (Lipinski definition) is 1. The van der Waals surface area contributed by atoms with Crippen molar-refractivity contribution in [2.45, 2.75) is 32.6 Å². The topological polar surface area (TPSA) is 58.9 Å². The smallest absolute Gasteiger partial charge is 0.296 e. The molecule has 0 aliphatic rings. The van der Waals surface area contributed by atoms with E-state index in [2.05, 4.69) is 14.7 Å². The Hall–Kier alpha value is -1.06. The van der Waals surface area contributed by atoms with E-state index < -0.39 is 5.76 Å². The summed E-state index contributed by atoms with van der Waals surface area (Å²) >= 11 is 0. The normalized spacial score (nSPS) is 11.9. The van der Waals surface area contributed by atoms with Gasteiger partial charge in [0.25, 0.3) is 0 Å². The van der Waals surface area contributed by atoms with Crippen molar-refractivity contribution in [3.8, 4) is 0 Å². The maximum absolute atomic E-state index is 10.6. The van der Waals surface area contributed by atoms with Crippen LogP contribution in [0.25, 0.3) is 0 Å². The number of hydrogen-bond acceptors (Lipinski definition) is 3. The fourth-order valence-corrected chi connectivity index (χ4v) is 0.690. The van der Waals surface area contributed by atoms with Crippen molar-refractivity contribution in [3.63, 3.8) is 0 Å². The van der Waals surface area contributed by atoms with Crippen LogP contribution in [0.3, 0.4) is 0 Å². The quantitative estimate of drug-likeness (QED) is 0.696. The van der Waals surface area contributed by atoms with Gasteiger partial charge in [0.05, 0.1) is 0 Å². The predicted molar refractivity (Wildman–Crippen MR) is 40.4 cm³/mol.